The third-order valence-electron chi connectivity index (χ3n) is 4.66. The minimum absolute atomic E-state index is 0.00538. The molecule has 5 heteroatoms. The van der Waals surface area contributed by atoms with Crippen molar-refractivity contribution >= 4 is 6.09 Å². The van der Waals surface area contributed by atoms with Crippen molar-refractivity contribution < 1.29 is 19.4 Å². The van der Waals surface area contributed by atoms with Crippen molar-refractivity contribution in [3.8, 4) is 17.6 Å². The van der Waals surface area contributed by atoms with Crippen molar-refractivity contribution in [2.24, 2.45) is 0 Å². The molecule has 1 aromatic carbocycles. The number of benzene rings is 1. The summed E-state index contributed by atoms with van der Waals surface area (Å²) < 4.78 is 10.0. The van der Waals surface area contributed by atoms with Crippen molar-refractivity contribution in [1.29, 1.82) is 0 Å². The van der Waals surface area contributed by atoms with Gasteiger partial charge in [-0.3, -0.25) is 0 Å². The van der Waals surface area contributed by atoms with Crippen LogP contribution < -0.4 is 4.74 Å². The van der Waals surface area contributed by atoms with Gasteiger partial charge in [-0.1, -0.05) is 17.9 Å². The number of amides is 1. The molecule has 2 bridgehead atoms. The van der Waals surface area contributed by atoms with Crippen LogP contribution in [0, 0.1) is 11.8 Å². The molecule has 1 N–H and O–H groups in total. The molecule has 0 aromatic heterocycles. The Morgan fingerprint density at radius 2 is 2.00 bits per heavy atom. The first kappa shape index (κ1) is 15.7. The summed E-state index contributed by atoms with van der Waals surface area (Å²) in [5.74, 6) is 6.80. The Kier molecular flexibility index (Phi) is 4.18. The zero-order valence-corrected chi connectivity index (χ0v) is 13.4. The molecule has 0 spiro atoms. The van der Waals surface area contributed by atoms with Gasteiger partial charge in [-0.15, -0.1) is 0 Å². The Labute approximate surface area is 136 Å². The van der Waals surface area contributed by atoms with Crippen molar-refractivity contribution in [3.63, 3.8) is 0 Å². The van der Waals surface area contributed by atoms with E-state index in [1.165, 1.54) is 7.11 Å². The normalized spacial score (nSPS) is 28.7. The fraction of sp³-hybridized carbons (Fsp3) is 0.500. The molecule has 23 heavy (non-hydrogen) atoms. The quantitative estimate of drug-likeness (QED) is 0.807. The van der Waals surface area contributed by atoms with Gasteiger partial charge >= 0.3 is 6.09 Å². The predicted octanol–water partition coefficient (Wildman–Crippen LogP) is 2.17. The van der Waals surface area contributed by atoms with Gasteiger partial charge < -0.3 is 19.5 Å². The van der Waals surface area contributed by atoms with Gasteiger partial charge in [0.05, 0.1) is 14.2 Å². The summed E-state index contributed by atoms with van der Waals surface area (Å²) in [5, 5.41) is 10.8. The van der Waals surface area contributed by atoms with Crippen LogP contribution in [0.3, 0.4) is 0 Å². The highest BCUT2D eigenvalue weighted by molar-refractivity contribution is 5.69. The molecule has 2 aliphatic heterocycles. The molecule has 0 saturated carbocycles. The molecule has 0 radical (unpaired) electrons. The fourth-order valence-electron chi connectivity index (χ4n) is 3.62. The number of hydrogen-bond acceptors (Lipinski definition) is 4. The highest BCUT2D eigenvalue weighted by Gasteiger charge is 2.49. The second-order valence-electron chi connectivity index (χ2n) is 6.18. The van der Waals surface area contributed by atoms with E-state index in [-0.39, 0.29) is 18.2 Å². The van der Waals surface area contributed by atoms with Gasteiger partial charge in [-0.25, -0.2) is 4.79 Å². The third-order valence-corrected chi connectivity index (χ3v) is 4.66. The van der Waals surface area contributed by atoms with E-state index in [9.17, 15) is 9.90 Å². The first-order chi connectivity index (χ1) is 11.0. The molecule has 2 heterocycles. The van der Waals surface area contributed by atoms with Crippen LogP contribution in [0.2, 0.25) is 0 Å². The zero-order valence-electron chi connectivity index (χ0n) is 13.4. The molecular formula is C18H21NO4. The van der Waals surface area contributed by atoms with Crippen molar-refractivity contribution in [3.05, 3.63) is 29.8 Å². The molecule has 3 rings (SSSR count). The maximum absolute atomic E-state index is 11.9. The number of carbonyl (C=O) groups is 1. The van der Waals surface area contributed by atoms with E-state index in [0.29, 0.717) is 12.8 Å². The first-order valence-electron chi connectivity index (χ1n) is 7.80. The lowest BCUT2D eigenvalue weighted by molar-refractivity contribution is -0.00730. The number of hydrogen-bond donors (Lipinski definition) is 1. The van der Waals surface area contributed by atoms with Gasteiger partial charge in [0.2, 0.25) is 0 Å². The Morgan fingerprint density at radius 3 is 2.61 bits per heavy atom. The number of carbonyl (C=O) groups excluding carboxylic acids is 1. The van der Waals surface area contributed by atoms with Gasteiger partial charge in [0.25, 0.3) is 0 Å². The maximum Gasteiger partial charge on any atom is 0.409 e. The largest absolute Gasteiger partial charge is 0.497 e. The first-order valence-corrected chi connectivity index (χ1v) is 7.80. The van der Waals surface area contributed by atoms with Crippen LogP contribution in [-0.2, 0) is 4.74 Å². The number of methoxy groups -OCH3 is 2. The number of rotatable bonds is 1. The summed E-state index contributed by atoms with van der Waals surface area (Å²) >= 11 is 0. The smallest absolute Gasteiger partial charge is 0.409 e. The summed E-state index contributed by atoms with van der Waals surface area (Å²) in [6, 6.07) is 7.47. The molecule has 2 saturated heterocycles. The molecular weight excluding hydrogens is 294 g/mol. The SMILES string of the molecule is COC(=O)N1[C@@H]2CC[C@@H]1CC(O)(C#Cc1cccc(OC)c1)C2. The topological polar surface area (TPSA) is 59.0 Å². The average Bonchev–Trinajstić information content (AvgIpc) is 2.85. The molecule has 5 nitrogen and oxygen atoms in total. The monoisotopic (exact) mass is 315 g/mol. The van der Waals surface area contributed by atoms with E-state index in [0.717, 1.165) is 24.2 Å². The second kappa shape index (κ2) is 6.13. The van der Waals surface area contributed by atoms with Crippen LogP contribution in [0.25, 0.3) is 0 Å². The van der Waals surface area contributed by atoms with E-state index in [2.05, 4.69) is 11.8 Å². The molecule has 1 amide bonds. The summed E-state index contributed by atoms with van der Waals surface area (Å²) in [4.78, 5) is 13.6. The highest BCUT2D eigenvalue weighted by Crippen LogP contribution is 2.40. The minimum Gasteiger partial charge on any atom is -0.497 e. The average molecular weight is 315 g/mol. The molecule has 2 aliphatic rings. The number of nitrogens with zero attached hydrogens (tertiary/aromatic N) is 1. The van der Waals surface area contributed by atoms with Gasteiger partial charge in [-0.2, -0.15) is 0 Å². The predicted molar refractivity (Wildman–Crippen MR) is 85.1 cm³/mol. The molecule has 1 aromatic rings. The van der Waals surface area contributed by atoms with Gasteiger partial charge in [-0.05, 0) is 31.0 Å². The van der Waals surface area contributed by atoms with Crippen LogP contribution in [0.4, 0.5) is 4.79 Å². The molecule has 0 aliphatic carbocycles. The van der Waals surface area contributed by atoms with Crippen LogP contribution in [0.5, 0.6) is 5.75 Å². The number of fused-ring (bicyclic) bond motifs is 2. The Hall–Kier alpha value is -2.19. The van der Waals surface area contributed by atoms with Gasteiger partial charge in [0.15, 0.2) is 0 Å². The standard InChI is InChI=1S/C18H21NO4/c1-22-16-5-3-4-13(10-16)8-9-18(21)11-14-6-7-15(12-18)19(14)17(20)23-2/h3-5,10,14-15,21H,6-7,11-12H2,1-2H3/t14-,15-/m1/s1. The van der Waals surface area contributed by atoms with E-state index >= 15 is 0 Å². The number of piperidine rings is 1. The van der Waals surface area contributed by atoms with E-state index in [4.69, 9.17) is 9.47 Å². The second-order valence-corrected chi connectivity index (χ2v) is 6.18. The maximum atomic E-state index is 11.9. The number of aliphatic hydroxyl groups is 1. The Balaban J connectivity index is 1.77. The fourth-order valence-corrected chi connectivity index (χ4v) is 3.62. The molecule has 2 atom stereocenters. The van der Waals surface area contributed by atoms with Crippen molar-refractivity contribution in [1.82, 2.24) is 4.90 Å². The third kappa shape index (κ3) is 3.13. The molecule has 0 unspecified atom stereocenters. The summed E-state index contributed by atoms with van der Waals surface area (Å²) in [6.45, 7) is 0. The molecule has 2 fully saturated rings. The highest BCUT2D eigenvalue weighted by atomic mass is 16.5. The van der Waals surface area contributed by atoms with Crippen LogP contribution in [-0.4, -0.2) is 48.0 Å². The van der Waals surface area contributed by atoms with Crippen molar-refractivity contribution in [2.45, 2.75) is 43.4 Å². The van der Waals surface area contributed by atoms with Gasteiger partial charge in [0.1, 0.15) is 11.4 Å². The minimum atomic E-state index is -1.06. The van der Waals surface area contributed by atoms with Crippen LogP contribution in [0.15, 0.2) is 24.3 Å². The van der Waals surface area contributed by atoms with E-state index in [1.807, 2.05) is 24.3 Å². The van der Waals surface area contributed by atoms with Crippen LogP contribution in [0.1, 0.15) is 31.2 Å². The lowest BCUT2D eigenvalue weighted by Crippen LogP contribution is -2.52. The Morgan fingerprint density at radius 1 is 1.30 bits per heavy atom. The van der Waals surface area contributed by atoms with Crippen LogP contribution >= 0.6 is 0 Å². The zero-order chi connectivity index (χ0) is 16.4. The molecule has 122 valence electrons. The summed E-state index contributed by atoms with van der Waals surface area (Å²) in [5.41, 5.74) is -0.250. The van der Waals surface area contributed by atoms with E-state index < -0.39 is 5.60 Å². The van der Waals surface area contributed by atoms with Crippen molar-refractivity contribution in [2.75, 3.05) is 14.2 Å². The van der Waals surface area contributed by atoms with E-state index in [1.54, 1.807) is 12.0 Å². The lowest BCUT2D eigenvalue weighted by atomic mass is 9.86. The van der Waals surface area contributed by atoms with Gasteiger partial charge in [0, 0.05) is 30.5 Å². The summed E-state index contributed by atoms with van der Waals surface area (Å²) in [6.07, 6.45) is 2.41. The number of ether oxygens (including phenoxy) is 2. The summed E-state index contributed by atoms with van der Waals surface area (Å²) in [7, 11) is 3.01. The Bertz CT molecular complexity index is 646. The lowest BCUT2D eigenvalue weighted by Gasteiger charge is -2.40.